The topological polar surface area (TPSA) is 85.4 Å². The van der Waals surface area contributed by atoms with Crippen LogP contribution in [0.2, 0.25) is 0 Å². The van der Waals surface area contributed by atoms with Crippen LogP contribution in [0.25, 0.3) is 5.65 Å². The Hall–Kier alpha value is -2.54. The molecule has 0 aliphatic heterocycles. The molecule has 0 aliphatic carbocycles. The lowest BCUT2D eigenvalue weighted by Gasteiger charge is -2.10. The van der Waals surface area contributed by atoms with E-state index in [9.17, 15) is 0 Å². The zero-order chi connectivity index (χ0) is 13.1. The lowest BCUT2D eigenvalue weighted by atomic mass is 10.1. The molecule has 0 radical (unpaired) electrons. The Morgan fingerprint density at radius 3 is 3.00 bits per heavy atom. The minimum Gasteiger partial charge on any atom is -0.437 e. The Kier molecular flexibility index (Phi) is 3.03. The molecule has 1 N–H and O–H groups in total. The van der Waals surface area contributed by atoms with Crippen LogP contribution in [-0.2, 0) is 6.42 Å². The molecule has 1 aromatic carbocycles. The molecule has 3 aromatic rings. The molecular weight excluding hydrogens is 246 g/mol. The molecule has 0 unspecified atom stereocenters. The highest BCUT2D eigenvalue weighted by molar-refractivity contribution is 5.39. The van der Waals surface area contributed by atoms with Gasteiger partial charge in [-0.15, -0.1) is 5.10 Å². The number of aliphatic hydroxyl groups excluding tert-OH is 1. The summed E-state index contributed by atoms with van der Waals surface area (Å²) in [6.45, 7) is 0.0632. The summed E-state index contributed by atoms with van der Waals surface area (Å²) in [5, 5.41) is 20.2. The first-order chi connectivity index (χ1) is 9.38. The lowest BCUT2D eigenvalue weighted by molar-refractivity contribution is 0.297. The van der Waals surface area contributed by atoms with Gasteiger partial charge in [-0.2, -0.15) is 4.52 Å². The van der Waals surface area contributed by atoms with Crippen molar-refractivity contribution in [2.75, 3.05) is 6.61 Å². The summed E-state index contributed by atoms with van der Waals surface area (Å²) in [6, 6.07) is 7.49. The van der Waals surface area contributed by atoms with Crippen LogP contribution < -0.4 is 4.74 Å². The predicted molar refractivity (Wildman–Crippen MR) is 65.9 cm³/mol. The summed E-state index contributed by atoms with van der Waals surface area (Å²) in [5.74, 6) is 1.08. The Balaban J connectivity index is 1.99. The number of benzene rings is 1. The largest absolute Gasteiger partial charge is 0.437 e. The van der Waals surface area contributed by atoms with Crippen molar-refractivity contribution in [3.8, 4) is 11.6 Å². The van der Waals surface area contributed by atoms with E-state index in [1.54, 1.807) is 12.4 Å². The molecule has 0 fully saturated rings. The van der Waals surface area contributed by atoms with Gasteiger partial charge in [-0.25, -0.2) is 0 Å². The number of ether oxygens (including phenoxy) is 1. The Bertz CT molecular complexity index is 697. The van der Waals surface area contributed by atoms with Crippen LogP contribution >= 0.6 is 0 Å². The van der Waals surface area contributed by atoms with Crippen molar-refractivity contribution in [3.05, 3.63) is 42.2 Å². The number of aliphatic hydroxyl groups is 1. The van der Waals surface area contributed by atoms with Gasteiger partial charge >= 0.3 is 0 Å². The summed E-state index contributed by atoms with van der Waals surface area (Å²) in [7, 11) is 0. The van der Waals surface area contributed by atoms with Gasteiger partial charge in [0.2, 0.25) is 11.5 Å². The van der Waals surface area contributed by atoms with E-state index < -0.39 is 0 Å². The van der Waals surface area contributed by atoms with Crippen molar-refractivity contribution in [3.63, 3.8) is 0 Å². The fourth-order valence-corrected chi connectivity index (χ4v) is 1.77. The van der Waals surface area contributed by atoms with Gasteiger partial charge in [-0.3, -0.25) is 4.98 Å². The van der Waals surface area contributed by atoms with Gasteiger partial charge in [0.1, 0.15) is 5.75 Å². The van der Waals surface area contributed by atoms with Crippen molar-refractivity contribution >= 4 is 5.65 Å². The molecule has 7 heteroatoms. The minimum atomic E-state index is 0.0632. The Labute approximate surface area is 108 Å². The Morgan fingerprint density at radius 2 is 2.11 bits per heavy atom. The zero-order valence-electron chi connectivity index (χ0n) is 9.97. The zero-order valence-corrected chi connectivity index (χ0v) is 9.97. The number of aromatic nitrogens is 5. The van der Waals surface area contributed by atoms with Gasteiger partial charge in [0.05, 0.1) is 12.4 Å². The van der Waals surface area contributed by atoms with Gasteiger partial charge in [0.25, 0.3) is 0 Å². The standard InChI is InChI=1S/C12H11N5O2/c18-6-5-9-3-1-2-4-10(9)19-12-8-13-7-11-14-15-16-17(11)12/h1-4,7-8,18H,5-6H2. The molecule has 7 nitrogen and oxygen atoms in total. The van der Waals surface area contributed by atoms with E-state index in [4.69, 9.17) is 9.84 Å². The van der Waals surface area contributed by atoms with E-state index in [2.05, 4.69) is 20.5 Å². The summed E-state index contributed by atoms with van der Waals surface area (Å²) >= 11 is 0. The van der Waals surface area contributed by atoms with Gasteiger partial charge in [0, 0.05) is 6.61 Å². The minimum absolute atomic E-state index is 0.0632. The summed E-state index contributed by atoms with van der Waals surface area (Å²) in [5.41, 5.74) is 1.42. The molecule has 0 saturated carbocycles. The van der Waals surface area contributed by atoms with Crippen molar-refractivity contribution in [2.45, 2.75) is 6.42 Å². The number of hydrogen-bond donors (Lipinski definition) is 1. The quantitative estimate of drug-likeness (QED) is 0.745. The maximum atomic E-state index is 9.04. The van der Waals surface area contributed by atoms with Crippen LogP contribution in [0, 0.1) is 0 Å². The maximum Gasteiger partial charge on any atom is 0.242 e. The monoisotopic (exact) mass is 257 g/mol. The van der Waals surface area contributed by atoms with Gasteiger partial charge in [0.15, 0.2) is 0 Å². The molecule has 19 heavy (non-hydrogen) atoms. The molecule has 0 amide bonds. The summed E-state index contributed by atoms with van der Waals surface area (Å²) < 4.78 is 7.24. The highest BCUT2D eigenvalue weighted by Crippen LogP contribution is 2.24. The third-order valence-electron chi connectivity index (χ3n) is 2.65. The number of hydrogen-bond acceptors (Lipinski definition) is 6. The second-order valence-electron chi connectivity index (χ2n) is 3.88. The predicted octanol–water partition coefficient (Wildman–Crippen LogP) is 0.846. The van der Waals surface area contributed by atoms with E-state index in [1.807, 2.05) is 24.3 Å². The summed E-state index contributed by atoms with van der Waals surface area (Å²) in [4.78, 5) is 4.02. The fourth-order valence-electron chi connectivity index (χ4n) is 1.77. The second kappa shape index (κ2) is 4.99. The second-order valence-corrected chi connectivity index (χ2v) is 3.88. The molecule has 0 spiro atoms. The molecule has 0 saturated heterocycles. The van der Waals surface area contributed by atoms with Crippen LogP contribution in [0.3, 0.4) is 0 Å². The molecule has 3 rings (SSSR count). The molecule has 96 valence electrons. The van der Waals surface area contributed by atoms with Crippen LogP contribution in [0.5, 0.6) is 11.6 Å². The number of para-hydroxylation sites is 1. The van der Waals surface area contributed by atoms with Crippen molar-refractivity contribution in [1.29, 1.82) is 0 Å². The number of nitrogens with zero attached hydrogens (tertiary/aromatic N) is 5. The highest BCUT2D eigenvalue weighted by Gasteiger charge is 2.09. The van der Waals surface area contributed by atoms with Crippen LogP contribution in [0.1, 0.15) is 5.56 Å². The van der Waals surface area contributed by atoms with Crippen molar-refractivity contribution in [2.24, 2.45) is 0 Å². The molecule has 2 aromatic heterocycles. The van der Waals surface area contributed by atoms with E-state index in [0.717, 1.165) is 5.56 Å². The number of rotatable bonds is 4. The third-order valence-corrected chi connectivity index (χ3v) is 2.65. The van der Waals surface area contributed by atoms with E-state index in [0.29, 0.717) is 23.7 Å². The van der Waals surface area contributed by atoms with Crippen molar-refractivity contribution < 1.29 is 9.84 Å². The van der Waals surface area contributed by atoms with E-state index in [1.165, 1.54) is 4.52 Å². The lowest BCUT2D eigenvalue weighted by Crippen LogP contribution is -2.00. The first-order valence-corrected chi connectivity index (χ1v) is 5.77. The van der Waals surface area contributed by atoms with E-state index >= 15 is 0 Å². The molecule has 0 bridgehead atoms. The van der Waals surface area contributed by atoms with Crippen molar-refractivity contribution in [1.82, 2.24) is 25.0 Å². The third kappa shape index (κ3) is 2.23. The average Bonchev–Trinajstić information content (AvgIpc) is 2.91. The number of fused-ring (bicyclic) bond motifs is 1. The average molecular weight is 257 g/mol. The molecular formula is C12H11N5O2. The summed E-state index contributed by atoms with van der Waals surface area (Å²) in [6.07, 6.45) is 3.61. The van der Waals surface area contributed by atoms with Crippen LogP contribution in [-0.4, -0.2) is 36.7 Å². The normalized spacial score (nSPS) is 10.8. The first-order valence-electron chi connectivity index (χ1n) is 5.77. The van der Waals surface area contributed by atoms with Gasteiger partial charge < -0.3 is 9.84 Å². The smallest absolute Gasteiger partial charge is 0.242 e. The van der Waals surface area contributed by atoms with Gasteiger partial charge in [-0.05, 0) is 28.5 Å². The maximum absolute atomic E-state index is 9.04. The SMILES string of the molecule is OCCc1ccccc1Oc1cncc2nnnn12. The highest BCUT2D eigenvalue weighted by atomic mass is 16.5. The fraction of sp³-hybridized carbons (Fsp3) is 0.167. The molecule has 2 heterocycles. The van der Waals surface area contributed by atoms with Gasteiger partial charge in [-0.1, -0.05) is 18.2 Å². The first kappa shape index (κ1) is 11.5. The number of tetrazole rings is 1. The molecule has 0 aliphatic rings. The van der Waals surface area contributed by atoms with Crippen LogP contribution in [0.4, 0.5) is 0 Å². The molecule has 0 atom stereocenters. The Morgan fingerprint density at radius 1 is 1.21 bits per heavy atom. The van der Waals surface area contributed by atoms with Crippen LogP contribution in [0.15, 0.2) is 36.7 Å². The van der Waals surface area contributed by atoms with E-state index in [-0.39, 0.29) is 6.61 Å².